The van der Waals surface area contributed by atoms with Crippen LogP contribution in [-0.4, -0.2) is 235 Å². The van der Waals surface area contributed by atoms with E-state index >= 15 is 0 Å². The SMILES string of the molecule is CC[C@H](C)[C@H](NC(=O)[C@@H]1CCCN1C(=O)[C@H](CO[C@H]1O[C@H](CO)[C@H](O)[C@H](O)[C@H]1NC(C)=O)NC(=O)[C@@H](NC(=O)[C@@H](NC(=O)[C@@H]1CCCN1C(C)=O)[C@@H](C)O)[C@@H](C)O)C(=O)N[C@@H](CO)C(=O)N[C@H](C(N)=O)[C@@H](C)O. The number of likely N-dealkylation sites (tertiary alicyclic amines) is 2. The third-order valence-corrected chi connectivity index (χ3v) is 12.9. The van der Waals surface area contributed by atoms with Crippen molar-refractivity contribution in [2.75, 3.05) is 32.9 Å². The molecule has 73 heavy (non-hydrogen) atoms. The van der Waals surface area contributed by atoms with Gasteiger partial charge in [0.25, 0.3) is 0 Å². The maximum absolute atomic E-state index is 14.7. The van der Waals surface area contributed by atoms with Crippen LogP contribution in [0.15, 0.2) is 0 Å². The fraction of sp³-hybridized carbons (Fsp3) is 0.773. The molecule has 3 saturated heterocycles. The van der Waals surface area contributed by atoms with Crippen LogP contribution in [0.3, 0.4) is 0 Å². The molecule has 0 aliphatic carbocycles. The number of nitrogens with zero attached hydrogens (tertiary/aromatic N) is 2. The Morgan fingerprint density at radius 3 is 1.63 bits per heavy atom. The number of aliphatic hydroxyl groups excluding tert-OH is 7. The second-order valence-electron chi connectivity index (χ2n) is 18.6. The third kappa shape index (κ3) is 16.4. The van der Waals surface area contributed by atoms with E-state index in [-0.39, 0.29) is 38.8 Å². The van der Waals surface area contributed by atoms with Crippen molar-refractivity contribution in [2.45, 2.75) is 178 Å². The van der Waals surface area contributed by atoms with E-state index in [1.807, 2.05) is 0 Å². The van der Waals surface area contributed by atoms with Crippen molar-refractivity contribution >= 4 is 59.1 Å². The van der Waals surface area contributed by atoms with Crippen LogP contribution < -0.4 is 43.0 Å². The molecule has 0 radical (unpaired) electrons. The molecule has 10 amide bonds. The summed E-state index contributed by atoms with van der Waals surface area (Å²) in [6.07, 6.45) is -10.3. The molecule has 0 aromatic heterocycles. The van der Waals surface area contributed by atoms with E-state index in [0.717, 1.165) is 25.7 Å². The van der Waals surface area contributed by atoms with Gasteiger partial charge in [0, 0.05) is 26.9 Å². The Labute approximate surface area is 421 Å². The van der Waals surface area contributed by atoms with Crippen LogP contribution in [0.4, 0.5) is 0 Å². The Kier molecular flexibility index (Phi) is 23.8. The number of carbonyl (C=O) groups excluding carboxylic acids is 10. The van der Waals surface area contributed by atoms with Gasteiger partial charge in [0.2, 0.25) is 59.1 Å². The normalized spacial score (nSPS) is 26.0. The maximum atomic E-state index is 14.7. The van der Waals surface area contributed by atoms with E-state index in [1.165, 1.54) is 18.7 Å². The summed E-state index contributed by atoms with van der Waals surface area (Å²) in [6, 6.07) is -14.1. The minimum atomic E-state index is -1.93. The van der Waals surface area contributed by atoms with Crippen molar-refractivity contribution in [1.82, 2.24) is 47.0 Å². The highest BCUT2D eigenvalue weighted by Gasteiger charge is 2.47. The molecule has 3 heterocycles. The number of ether oxygens (including phenoxy) is 2. The van der Waals surface area contributed by atoms with Gasteiger partial charge in [0.05, 0.1) is 38.1 Å². The Balaban J connectivity index is 1.96. The minimum absolute atomic E-state index is 0.00803. The monoisotopic (exact) mass is 1050 g/mol. The molecule has 414 valence electrons. The molecule has 0 aromatic rings. The summed E-state index contributed by atoms with van der Waals surface area (Å²) in [7, 11) is 0. The number of amides is 10. The molecule has 29 nitrogen and oxygen atoms in total. The molecule has 3 aliphatic heterocycles. The number of carbonyl (C=O) groups is 10. The number of hydrogen-bond donors (Lipinski definition) is 15. The number of aliphatic hydroxyl groups is 7. The molecule has 0 saturated carbocycles. The first-order chi connectivity index (χ1) is 34.2. The van der Waals surface area contributed by atoms with Crippen LogP contribution in [0, 0.1) is 5.92 Å². The van der Waals surface area contributed by atoms with Crippen LogP contribution in [0.5, 0.6) is 0 Å². The minimum Gasteiger partial charge on any atom is -0.394 e. The number of hydrogen-bond acceptors (Lipinski definition) is 19. The summed E-state index contributed by atoms with van der Waals surface area (Å²) in [5.74, 6) is -10.0. The van der Waals surface area contributed by atoms with Gasteiger partial charge < -0.3 is 98.0 Å². The van der Waals surface area contributed by atoms with Gasteiger partial charge in [0.15, 0.2) is 6.29 Å². The lowest BCUT2D eigenvalue weighted by molar-refractivity contribution is -0.271. The van der Waals surface area contributed by atoms with Crippen molar-refractivity contribution in [3.8, 4) is 0 Å². The van der Waals surface area contributed by atoms with E-state index < -0.39 is 182 Å². The third-order valence-electron chi connectivity index (χ3n) is 12.9. The fourth-order valence-corrected chi connectivity index (χ4v) is 8.55. The van der Waals surface area contributed by atoms with Crippen molar-refractivity contribution in [3.05, 3.63) is 0 Å². The standard InChI is InChI=1S/C44H74N10O19/c1-8-18(2)29(40(68)47-24(15-55)37(65)50-30(19(3)57)36(45)64)49-39(67)27-12-10-14-54(27)43(71)25(17-72-44-33(46-22(6)60)35(63)34(62)28(16-56)73-44)48-41(69)31(20(4)58)52-42(70)32(21(5)59)51-38(66)26-11-9-13-53(26)23(7)61/h18-21,24-35,44,55-59,62-63H,8-17H2,1-7H3,(H2,45,64)(H,46,60)(H,47,68)(H,48,69)(H,49,67)(H,50,65)(H,51,66)(H,52,70)/t18-,19+,20+,21+,24-,25-,26-,27-,28+,29-,30-,31-,32-,33+,34-,35+,44-/m0/s1. The van der Waals surface area contributed by atoms with Gasteiger partial charge in [0.1, 0.15) is 72.7 Å². The molecule has 3 fully saturated rings. The molecular formula is C44H74N10O19. The predicted molar refractivity (Wildman–Crippen MR) is 249 cm³/mol. The first-order valence-electron chi connectivity index (χ1n) is 24.1. The Bertz CT molecular complexity index is 1980. The summed E-state index contributed by atoms with van der Waals surface area (Å²) < 4.78 is 11.5. The molecule has 0 spiro atoms. The smallest absolute Gasteiger partial charge is 0.248 e. The number of primary amides is 1. The lowest BCUT2D eigenvalue weighted by Gasteiger charge is -2.42. The zero-order valence-electron chi connectivity index (χ0n) is 41.9. The summed E-state index contributed by atoms with van der Waals surface area (Å²) in [5, 5.41) is 89.0. The zero-order chi connectivity index (χ0) is 55.2. The topological polar surface area (TPSA) is 447 Å². The van der Waals surface area contributed by atoms with Crippen LogP contribution in [-0.2, 0) is 57.4 Å². The average Bonchev–Trinajstić information content (AvgIpc) is 4.04. The van der Waals surface area contributed by atoms with Crippen LogP contribution in [0.2, 0.25) is 0 Å². The van der Waals surface area contributed by atoms with E-state index in [9.17, 15) is 83.7 Å². The summed E-state index contributed by atoms with van der Waals surface area (Å²) >= 11 is 0. The lowest BCUT2D eigenvalue weighted by Crippen LogP contribution is -2.66. The number of rotatable bonds is 25. The van der Waals surface area contributed by atoms with Crippen molar-refractivity contribution in [2.24, 2.45) is 11.7 Å². The second-order valence-corrected chi connectivity index (χ2v) is 18.6. The van der Waals surface area contributed by atoms with E-state index in [0.29, 0.717) is 6.42 Å². The molecule has 29 heteroatoms. The molecule has 17 atom stereocenters. The van der Waals surface area contributed by atoms with E-state index in [2.05, 4.69) is 37.2 Å². The van der Waals surface area contributed by atoms with E-state index in [1.54, 1.807) is 13.8 Å². The fourth-order valence-electron chi connectivity index (χ4n) is 8.55. The highest BCUT2D eigenvalue weighted by molar-refractivity contribution is 5.98. The van der Waals surface area contributed by atoms with Crippen LogP contribution in [0.1, 0.15) is 80.6 Å². The Hall–Kier alpha value is -5.66. The maximum Gasteiger partial charge on any atom is 0.248 e. The quantitative estimate of drug-likeness (QED) is 0.0404. The number of nitrogens with one attached hydrogen (secondary N) is 7. The highest BCUT2D eigenvalue weighted by atomic mass is 16.7. The zero-order valence-corrected chi connectivity index (χ0v) is 41.9. The molecular weight excluding hydrogens is 973 g/mol. The van der Waals surface area contributed by atoms with Gasteiger partial charge in [-0.05, 0) is 52.4 Å². The van der Waals surface area contributed by atoms with E-state index in [4.69, 9.17) is 15.2 Å². The highest BCUT2D eigenvalue weighted by Crippen LogP contribution is 2.25. The number of nitrogens with two attached hydrogens (primary N) is 1. The van der Waals surface area contributed by atoms with Crippen LogP contribution >= 0.6 is 0 Å². The summed E-state index contributed by atoms with van der Waals surface area (Å²) in [4.78, 5) is 135. The second kappa shape index (κ2) is 28.1. The summed E-state index contributed by atoms with van der Waals surface area (Å²) in [5.41, 5.74) is 5.25. The molecule has 0 unspecified atom stereocenters. The molecule has 3 rings (SSSR count). The van der Waals surface area contributed by atoms with Gasteiger partial charge >= 0.3 is 0 Å². The lowest BCUT2D eigenvalue weighted by atomic mass is 9.97. The predicted octanol–water partition coefficient (Wildman–Crippen LogP) is -8.48. The first-order valence-corrected chi connectivity index (χ1v) is 24.1. The van der Waals surface area contributed by atoms with Gasteiger partial charge in [-0.1, -0.05) is 20.3 Å². The summed E-state index contributed by atoms with van der Waals surface area (Å²) in [6.45, 7) is 6.43. The van der Waals surface area contributed by atoms with Gasteiger partial charge in [-0.15, -0.1) is 0 Å². The molecule has 16 N–H and O–H groups in total. The van der Waals surface area contributed by atoms with Gasteiger partial charge in [-0.2, -0.15) is 0 Å². The van der Waals surface area contributed by atoms with Gasteiger partial charge in [-0.3, -0.25) is 47.9 Å². The van der Waals surface area contributed by atoms with Crippen molar-refractivity contribution < 1.29 is 93.2 Å². The largest absolute Gasteiger partial charge is 0.394 e. The Morgan fingerprint density at radius 2 is 1.14 bits per heavy atom. The van der Waals surface area contributed by atoms with Gasteiger partial charge in [-0.25, -0.2) is 0 Å². The molecule has 0 bridgehead atoms. The van der Waals surface area contributed by atoms with Crippen molar-refractivity contribution in [1.29, 1.82) is 0 Å². The molecule has 0 aromatic carbocycles. The van der Waals surface area contributed by atoms with Crippen LogP contribution in [0.25, 0.3) is 0 Å². The molecule has 3 aliphatic rings. The average molecular weight is 1050 g/mol. The first kappa shape index (κ1) is 61.6. The van der Waals surface area contributed by atoms with Crippen molar-refractivity contribution in [3.63, 3.8) is 0 Å². The Morgan fingerprint density at radius 1 is 0.658 bits per heavy atom.